The molecule has 324 valence electrons. The summed E-state index contributed by atoms with van der Waals surface area (Å²) in [5, 5.41) is 5.78. The number of hydrogen-bond donors (Lipinski definition) is 0. The molecule has 14 rings (SSSR count). The third-order valence-electron chi connectivity index (χ3n) is 13.8. The molecule has 0 N–H and O–H groups in total. The monoisotopic (exact) mass is 883 g/mol. The van der Waals surface area contributed by atoms with Crippen LogP contribution in [0.2, 0.25) is 0 Å². The largest absolute Gasteiger partial charge is 0.307 e. The molecule has 0 saturated heterocycles. The highest BCUT2D eigenvalue weighted by Crippen LogP contribution is 2.48. The van der Waals surface area contributed by atoms with Crippen molar-refractivity contribution in [2.75, 3.05) is 0 Å². The van der Waals surface area contributed by atoms with Crippen molar-refractivity contribution < 1.29 is 0 Å². The maximum absolute atomic E-state index is 6.14. The van der Waals surface area contributed by atoms with Gasteiger partial charge in [-0.2, -0.15) is 0 Å². The lowest BCUT2D eigenvalue weighted by molar-refractivity contribution is 0.954. The zero-order valence-electron chi connectivity index (χ0n) is 37.4. The van der Waals surface area contributed by atoms with E-state index in [1.54, 1.807) is 0 Å². The van der Waals surface area contributed by atoms with Crippen molar-refractivity contribution in [2.24, 2.45) is 0 Å². The van der Waals surface area contributed by atoms with Crippen LogP contribution in [-0.4, -0.2) is 33.6 Å². The zero-order chi connectivity index (χ0) is 45.4. The third-order valence-corrected chi connectivity index (χ3v) is 13.8. The van der Waals surface area contributed by atoms with Crippen LogP contribution in [0.4, 0.5) is 0 Å². The molecule has 1 aliphatic rings. The van der Waals surface area contributed by atoms with Crippen molar-refractivity contribution >= 4 is 60.6 Å². The number of para-hydroxylation sites is 5. The molecule has 69 heavy (non-hydrogen) atoms. The molecule has 0 unspecified atom stereocenters. The van der Waals surface area contributed by atoms with E-state index in [0.29, 0.717) is 17.5 Å². The number of hydrogen-bond acceptors (Lipinski definition) is 4. The summed E-state index contributed by atoms with van der Waals surface area (Å²) in [6.07, 6.45) is 6.49. The van der Waals surface area contributed by atoms with Crippen LogP contribution in [0.5, 0.6) is 0 Å². The Morgan fingerprint density at radius 2 is 0.739 bits per heavy atom. The molecule has 5 aromatic heterocycles. The molecular weight excluding hydrogens is 843 g/mol. The lowest BCUT2D eigenvalue weighted by Crippen LogP contribution is -2.15. The number of aryl methyl sites for hydroxylation is 1. The van der Waals surface area contributed by atoms with Gasteiger partial charge in [0.05, 0.1) is 44.5 Å². The van der Waals surface area contributed by atoms with E-state index in [2.05, 4.69) is 202 Å². The van der Waals surface area contributed by atoms with Gasteiger partial charge in [0, 0.05) is 49.3 Å². The van der Waals surface area contributed by atoms with Gasteiger partial charge in [0.25, 0.3) is 0 Å². The van der Waals surface area contributed by atoms with E-state index < -0.39 is 0 Å². The van der Waals surface area contributed by atoms with E-state index in [1.807, 2.05) is 36.4 Å². The van der Waals surface area contributed by atoms with Crippen LogP contribution in [0.3, 0.4) is 0 Å². The van der Waals surface area contributed by atoms with E-state index in [4.69, 9.17) is 19.9 Å². The van der Waals surface area contributed by atoms with Gasteiger partial charge in [0.1, 0.15) is 5.69 Å². The van der Waals surface area contributed by atoms with Gasteiger partial charge in [-0.25, -0.2) is 19.9 Å². The van der Waals surface area contributed by atoms with Crippen molar-refractivity contribution in [1.29, 1.82) is 0 Å². The predicted octanol–water partition coefficient (Wildman–Crippen LogP) is 15.0. The molecule has 8 aromatic carbocycles. The highest BCUT2D eigenvalue weighted by atomic mass is 15.2. The summed E-state index contributed by atoms with van der Waals surface area (Å²) in [5.74, 6) is 2.44. The van der Waals surface area contributed by atoms with Crippen molar-refractivity contribution in [2.45, 2.75) is 12.8 Å². The summed E-state index contributed by atoms with van der Waals surface area (Å²) in [6, 6.07) is 74.8. The van der Waals surface area contributed by atoms with Gasteiger partial charge in [0.15, 0.2) is 23.3 Å². The first-order valence-electron chi connectivity index (χ1n) is 23.6. The predicted molar refractivity (Wildman–Crippen MR) is 282 cm³/mol. The topological polar surface area (TPSA) is 66.3 Å². The van der Waals surface area contributed by atoms with Crippen molar-refractivity contribution in [1.82, 2.24) is 33.6 Å². The number of aromatic nitrogens is 7. The van der Waals surface area contributed by atoms with E-state index >= 15 is 0 Å². The van der Waals surface area contributed by atoms with Crippen molar-refractivity contribution in [3.05, 3.63) is 230 Å². The second-order valence-corrected chi connectivity index (χ2v) is 17.7. The van der Waals surface area contributed by atoms with Crippen molar-refractivity contribution in [3.8, 4) is 62.6 Å². The van der Waals surface area contributed by atoms with Gasteiger partial charge in [0.2, 0.25) is 0 Å². The molecule has 0 aliphatic heterocycles. The summed E-state index contributed by atoms with van der Waals surface area (Å²) in [7, 11) is 0. The molecule has 0 radical (unpaired) electrons. The fourth-order valence-electron chi connectivity index (χ4n) is 10.8. The molecule has 13 aromatic rings. The van der Waals surface area contributed by atoms with E-state index in [-0.39, 0.29) is 0 Å². The smallest absolute Gasteiger partial charge is 0.168 e. The molecule has 0 amide bonds. The highest BCUT2D eigenvalue weighted by Gasteiger charge is 2.33. The number of nitrogens with zero attached hydrogens (tertiary/aromatic N) is 7. The normalized spacial score (nSPS) is 12.5. The molecule has 1 aliphatic carbocycles. The van der Waals surface area contributed by atoms with E-state index in [1.165, 1.54) is 10.9 Å². The minimum atomic E-state index is 0.530. The fraction of sp³-hybridized carbons (Fsp3) is 0.0323. The van der Waals surface area contributed by atoms with Gasteiger partial charge in [-0.3, -0.25) is 4.57 Å². The lowest BCUT2D eigenvalue weighted by atomic mass is 10.00. The standard InChI is InChI=1S/C62H41N7/c1-4-22-40(23-5-1)56-57(67-49-34-16-10-28-43(49)44-29-11-17-35-50(44)67)55(61-65-59(41-24-6-2-7-25-41)64-60(66-61)42-26-8-3-9-27-42)58(68-51-36-18-12-30-45(51)46-31-13-19-37-52(46)68)62(63-56)69-53-38-20-14-32-47(53)48-33-15-21-39-54(48)69/h1-10,12-28,30-39H,11,29H2. The quantitative estimate of drug-likeness (QED) is 0.160. The first-order chi connectivity index (χ1) is 34.3. The first kappa shape index (κ1) is 39.0. The summed E-state index contributed by atoms with van der Waals surface area (Å²) in [5.41, 5.74) is 13.8. The minimum absolute atomic E-state index is 0.530. The summed E-state index contributed by atoms with van der Waals surface area (Å²) < 4.78 is 7.24. The van der Waals surface area contributed by atoms with Crippen LogP contribution in [0.25, 0.3) is 123 Å². The van der Waals surface area contributed by atoms with Gasteiger partial charge in [-0.15, -0.1) is 0 Å². The number of allylic oxidation sites excluding steroid dienone is 1. The molecular formula is C62H41N7. The van der Waals surface area contributed by atoms with Crippen LogP contribution in [0, 0.1) is 0 Å². The Labute approximate surface area is 397 Å². The molecule has 0 spiro atoms. The Morgan fingerprint density at radius 3 is 1.25 bits per heavy atom. The summed E-state index contributed by atoms with van der Waals surface area (Å²) in [6.45, 7) is 0. The minimum Gasteiger partial charge on any atom is -0.307 e. The SMILES string of the molecule is C1=Cc2c(c3ccccc3n2-c2c(-c3ccccc3)nc(-n3c4ccccc4c4ccccc43)c(-n3c4ccccc4c4ccccc43)c2-c2nc(-c3ccccc3)nc(-c3ccccc3)n2)CC1. The van der Waals surface area contributed by atoms with Crippen LogP contribution in [-0.2, 0) is 6.42 Å². The molecule has 5 heterocycles. The van der Waals surface area contributed by atoms with Crippen LogP contribution < -0.4 is 0 Å². The van der Waals surface area contributed by atoms with Crippen molar-refractivity contribution in [3.63, 3.8) is 0 Å². The van der Waals surface area contributed by atoms with Gasteiger partial charge >= 0.3 is 0 Å². The lowest BCUT2D eigenvalue weighted by Gasteiger charge is -2.26. The van der Waals surface area contributed by atoms with Crippen LogP contribution in [0.15, 0.2) is 218 Å². The Morgan fingerprint density at radius 1 is 0.333 bits per heavy atom. The number of rotatable bonds is 7. The van der Waals surface area contributed by atoms with Gasteiger partial charge in [-0.1, -0.05) is 188 Å². The molecule has 0 fully saturated rings. The summed E-state index contributed by atoms with van der Waals surface area (Å²) >= 11 is 0. The second kappa shape index (κ2) is 15.7. The number of fused-ring (bicyclic) bond motifs is 9. The Kier molecular flexibility index (Phi) is 8.89. The Bertz CT molecular complexity index is 4020. The maximum atomic E-state index is 6.14. The van der Waals surface area contributed by atoms with Gasteiger partial charge < -0.3 is 9.13 Å². The molecule has 7 nitrogen and oxygen atoms in total. The molecule has 0 bridgehead atoms. The van der Waals surface area contributed by atoms with Gasteiger partial charge in [-0.05, 0) is 54.8 Å². The second-order valence-electron chi connectivity index (χ2n) is 17.7. The molecule has 7 heteroatoms. The number of pyridine rings is 1. The summed E-state index contributed by atoms with van der Waals surface area (Å²) in [4.78, 5) is 22.8. The first-order valence-corrected chi connectivity index (χ1v) is 23.6. The Hall–Kier alpha value is -9.20. The average Bonchev–Trinajstić information content (AvgIpc) is 4.07. The zero-order valence-corrected chi connectivity index (χ0v) is 37.4. The highest BCUT2D eigenvalue weighted by molar-refractivity contribution is 6.13. The van der Waals surface area contributed by atoms with E-state index in [9.17, 15) is 0 Å². The average molecular weight is 884 g/mol. The maximum Gasteiger partial charge on any atom is 0.168 e. The fourth-order valence-corrected chi connectivity index (χ4v) is 10.8. The van der Waals surface area contributed by atoms with Crippen LogP contribution >= 0.6 is 0 Å². The molecule has 0 saturated carbocycles. The molecule has 0 atom stereocenters. The van der Waals surface area contributed by atoms with Crippen LogP contribution in [0.1, 0.15) is 17.7 Å². The number of benzene rings is 8. The third kappa shape index (κ3) is 6.07. The van der Waals surface area contributed by atoms with E-state index in [0.717, 1.165) is 113 Å². The Balaban J connectivity index is 1.29.